The number of carboxylic acid groups (broad SMARTS) is 1. The molecule has 1 heterocycles. The molecule has 2 unspecified atom stereocenters. The van der Waals surface area contributed by atoms with Crippen molar-refractivity contribution in [1.82, 2.24) is 0 Å². The first-order valence-corrected chi connectivity index (χ1v) is 7.42. The Kier molecular flexibility index (Phi) is 7.90. The first-order valence-electron chi connectivity index (χ1n) is 4.25. The van der Waals surface area contributed by atoms with E-state index in [-0.39, 0.29) is 6.29 Å². The molecule has 0 aliphatic carbocycles. The van der Waals surface area contributed by atoms with Gasteiger partial charge in [-0.2, -0.15) is 0 Å². The predicted molar refractivity (Wildman–Crippen MR) is 43.0 cm³/mol. The molecule has 1 aliphatic heterocycles. The molecule has 13 heavy (non-hydrogen) atoms. The van der Waals surface area contributed by atoms with Crippen LogP contribution in [0.3, 0.4) is 0 Å². The van der Waals surface area contributed by atoms with E-state index < -0.39 is 5.97 Å². The predicted octanol–water partition coefficient (Wildman–Crippen LogP) is 1.20. The second-order valence-electron chi connectivity index (χ2n) is 2.90. The summed E-state index contributed by atoms with van der Waals surface area (Å²) in [5.74, 6) is -0.833. The quantitative estimate of drug-likeness (QED) is 0.700. The van der Waals surface area contributed by atoms with Crippen LogP contribution in [0.4, 0.5) is 0 Å². The molecule has 2 atom stereocenters. The first kappa shape index (κ1) is 13.3. The Morgan fingerprint density at radius 3 is 2.54 bits per heavy atom. The number of carbonyl (C=O) groups is 1. The van der Waals surface area contributed by atoms with Gasteiger partial charge >= 0.3 is 71.9 Å². The molecule has 0 saturated carbocycles. The topological polar surface area (TPSA) is 55.8 Å². The molecule has 0 spiro atoms. The van der Waals surface area contributed by atoms with Crippen LogP contribution in [0.25, 0.3) is 0 Å². The summed E-state index contributed by atoms with van der Waals surface area (Å²) < 4.78 is 11.3. The van der Waals surface area contributed by atoms with Gasteiger partial charge in [-0.1, -0.05) is 0 Å². The number of aliphatic carboxylic acids is 1. The average Bonchev–Trinajstić information content (AvgIpc) is 2.04. The summed E-state index contributed by atoms with van der Waals surface area (Å²) >= 11 is 0.807. The summed E-state index contributed by atoms with van der Waals surface area (Å²) in [6, 6.07) is 0. The van der Waals surface area contributed by atoms with Gasteiger partial charge in [0.05, 0.1) is 0 Å². The molecular formula is C8H15HgO4. The minimum atomic E-state index is -0.833. The van der Waals surface area contributed by atoms with E-state index in [1.807, 2.05) is 0 Å². The van der Waals surface area contributed by atoms with Crippen molar-refractivity contribution >= 4 is 5.97 Å². The maximum atomic E-state index is 9.00. The van der Waals surface area contributed by atoms with Crippen LogP contribution in [0, 0.1) is 0 Å². The van der Waals surface area contributed by atoms with Gasteiger partial charge in [-0.05, 0) is 0 Å². The second-order valence-corrected chi connectivity index (χ2v) is 6.97. The molecule has 0 aromatic heterocycles. The molecule has 1 saturated heterocycles. The molecule has 0 amide bonds. The molecule has 1 fully saturated rings. The molecule has 0 aromatic rings. The van der Waals surface area contributed by atoms with Crippen molar-refractivity contribution in [2.24, 2.45) is 0 Å². The fourth-order valence-corrected chi connectivity index (χ4v) is 3.48. The fourth-order valence-electron chi connectivity index (χ4n) is 1.08. The third kappa shape index (κ3) is 7.40. The summed E-state index contributed by atoms with van der Waals surface area (Å²) in [7, 11) is 1.73. The second kappa shape index (κ2) is 7.70. The van der Waals surface area contributed by atoms with E-state index in [4.69, 9.17) is 19.4 Å². The Bertz CT molecular complexity index is 147. The number of rotatable bonds is 1. The van der Waals surface area contributed by atoms with E-state index in [1.165, 1.54) is 12.8 Å². The van der Waals surface area contributed by atoms with Crippen molar-refractivity contribution < 1.29 is 45.5 Å². The molecule has 0 radical (unpaired) electrons. The van der Waals surface area contributed by atoms with Crippen LogP contribution in [0.2, 0.25) is 3.43 Å². The number of carboxylic acids is 1. The molecule has 4 nitrogen and oxygen atoms in total. The standard InChI is InChI=1S/C6H11O2.C2H4O2.Hg/c1-7-6-4-2-3-5-8-6;1-2(3)4;/h4,6H,2-3,5H2,1H3;1H3,(H,3,4);. The molecule has 1 aliphatic rings. The Morgan fingerprint density at radius 2 is 2.23 bits per heavy atom. The van der Waals surface area contributed by atoms with Crippen LogP contribution in [0.5, 0.6) is 0 Å². The first-order chi connectivity index (χ1) is 6.07. The zero-order chi connectivity index (χ0) is 10.3. The Labute approximate surface area is 94.6 Å². The van der Waals surface area contributed by atoms with Crippen LogP contribution in [0.1, 0.15) is 19.8 Å². The Hall–Kier alpha value is 0.325. The van der Waals surface area contributed by atoms with Crippen molar-refractivity contribution in [3.8, 4) is 0 Å². The zero-order valence-electron chi connectivity index (χ0n) is 8.16. The third-order valence-corrected chi connectivity index (χ3v) is 4.70. The zero-order valence-corrected chi connectivity index (χ0v) is 13.7. The third-order valence-electron chi connectivity index (χ3n) is 1.62. The number of methoxy groups -OCH3 is 1. The van der Waals surface area contributed by atoms with Gasteiger partial charge < -0.3 is 5.11 Å². The molecular weight excluding hydrogens is 361 g/mol. The number of ether oxygens (including phenoxy) is 2. The summed E-state index contributed by atoms with van der Waals surface area (Å²) in [5, 5.41) is 7.42. The van der Waals surface area contributed by atoms with Gasteiger partial charge in [0.15, 0.2) is 0 Å². The van der Waals surface area contributed by atoms with Crippen molar-refractivity contribution in [2.45, 2.75) is 29.5 Å². The van der Waals surface area contributed by atoms with Gasteiger partial charge in [-0.15, -0.1) is 0 Å². The van der Waals surface area contributed by atoms with Gasteiger partial charge in [-0.25, -0.2) is 0 Å². The fraction of sp³-hybridized carbons (Fsp3) is 0.875. The van der Waals surface area contributed by atoms with E-state index in [9.17, 15) is 0 Å². The molecule has 73 valence electrons. The SMILES string of the molecule is CC(=O)O.COC1OCCC[CH]1[Hg]. The van der Waals surface area contributed by atoms with Crippen LogP contribution in [-0.2, 0) is 40.4 Å². The molecule has 0 bridgehead atoms. The van der Waals surface area contributed by atoms with E-state index in [0.717, 1.165) is 43.1 Å². The Morgan fingerprint density at radius 1 is 1.69 bits per heavy atom. The summed E-state index contributed by atoms with van der Waals surface area (Å²) in [4.78, 5) is 9.00. The van der Waals surface area contributed by atoms with Crippen molar-refractivity contribution in [3.05, 3.63) is 0 Å². The number of hydrogen-bond acceptors (Lipinski definition) is 3. The van der Waals surface area contributed by atoms with E-state index in [2.05, 4.69) is 0 Å². The summed E-state index contributed by atoms with van der Waals surface area (Å²) in [6.07, 6.45) is 2.69. The molecule has 1 rings (SSSR count). The van der Waals surface area contributed by atoms with Crippen molar-refractivity contribution in [1.29, 1.82) is 0 Å². The van der Waals surface area contributed by atoms with Crippen LogP contribution in [0.15, 0.2) is 0 Å². The summed E-state index contributed by atoms with van der Waals surface area (Å²) in [6.45, 7) is 1.98. The van der Waals surface area contributed by atoms with Gasteiger partial charge in [0, 0.05) is 6.92 Å². The number of hydrogen-bond donors (Lipinski definition) is 1. The van der Waals surface area contributed by atoms with E-state index in [0.29, 0.717) is 0 Å². The van der Waals surface area contributed by atoms with Gasteiger partial charge in [-0.3, -0.25) is 4.79 Å². The van der Waals surface area contributed by atoms with Gasteiger partial charge in [0.2, 0.25) is 0 Å². The maximum absolute atomic E-state index is 9.00. The normalized spacial score (nSPS) is 27.4. The average molecular weight is 376 g/mol. The summed E-state index contributed by atoms with van der Waals surface area (Å²) in [5.41, 5.74) is 0. The molecule has 0 aromatic carbocycles. The van der Waals surface area contributed by atoms with E-state index >= 15 is 0 Å². The van der Waals surface area contributed by atoms with Crippen molar-refractivity contribution in [3.63, 3.8) is 0 Å². The molecule has 5 heteroatoms. The molecule has 1 N–H and O–H groups in total. The minimum absolute atomic E-state index is 0.141. The van der Waals surface area contributed by atoms with Gasteiger partial charge in [0.25, 0.3) is 5.97 Å². The van der Waals surface area contributed by atoms with Crippen molar-refractivity contribution in [2.75, 3.05) is 13.7 Å². The van der Waals surface area contributed by atoms with E-state index in [1.54, 1.807) is 7.11 Å². The van der Waals surface area contributed by atoms with Crippen LogP contribution in [-0.4, -0.2) is 31.1 Å². The monoisotopic (exact) mass is 377 g/mol. The Balaban J connectivity index is 0.000000310. The van der Waals surface area contributed by atoms with Crippen LogP contribution >= 0.6 is 0 Å². The van der Waals surface area contributed by atoms with Crippen LogP contribution < -0.4 is 0 Å². The van der Waals surface area contributed by atoms with Gasteiger partial charge in [0.1, 0.15) is 0 Å².